The molecule has 252 valence electrons. The third kappa shape index (κ3) is 9.27. The molecule has 2 aromatic heterocycles. The summed E-state index contributed by atoms with van der Waals surface area (Å²) in [6.07, 6.45) is 4.44. The van der Waals surface area contributed by atoms with Gasteiger partial charge in [-0.1, -0.05) is 54.1 Å². The molecule has 3 aromatic carbocycles. The molecule has 2 amide bonds. The number of amides is 2. The molecular formula is C35H40ClIN7O3P. The van der Waals surface area contributed by atoms with Gasteiger partial charge in [-0.15, -0.1) is 0 Å². The summed E-state index contributed by atoms with van der Waals surface area (Å²) in [4.78, 5) is 35.2. The third-order valence-corrected chi connectivity index (χ3v) is 9.82. The summed E-state index contributed by atoms with van der Waals surface area (Å²) in [7, 11) is 0. The molecule has 5 aromatic rings. The fourth-order valence-corrected chi connectivity index (χ4v) is 7.12. The first-order valence-electron chi connectivity index (χ1n) is 15.7. The van der Waals surface area contributed by atoms with Crippen molar-refractivity contribution in [3.8, 4) is 22.4 Å². The lowest BCUT2D eigenvalue weighted by Gasteiger charge is -2.27. The zero-order valence-corrected chi connectivity index (χ0v) is 31.4. The zero-order chi connectivity index (χ0) is 34.3. The van der Waals surface area contributed by atoms with E-state index in [4.69, 9.17) is 16.3 Å². The topological polar surface area (TPSA) is 117 Å². The van der Waals surface area contributed by atoms with Crippen LogP contribution in [-0.2, 0) is 16.1 Å². The molecule has 5 rings (SSSR count). The highest BCUT2D eigenvalue weighted by molar-refractivity contribution is 14.2. The minimum atomic E-state index is -0.670. The highest BCUT2D eigenvalue weighted by Crippen LogP contribution is 2.36. The van der Waals surface area contributed by atoms with Crippen molar-refractivity contribution in [1.29, 1.82) is 0 Å². The van der Waals surface area contributed by atoms with E-state index in [0.29, 0.717) is 30.9 Å². The van der Waals surface area contributed by atoms with Gasteiger partial charge in [0.15, 0.2) is 0 Å². The number of aryl methyl sites for hydroxylation is 1. The highest BCUT2D eigenvalue weighted by atomic mass is 127. The summed E-state index contributed by atoms with van der Waals surface area (Å²) in [5.74, 6) is -0.135. The van der Waals surface area contributed by atoms with E-state index >= 15 is 0 Å². The van der Waals surface area contributed by atoms with E-state index in [1.165, 1.54) is 0 Å². The maximum atomic E-state index is 13.1. The number of rotatable bonds is 13. The van der Waals surface area contributed by atoms with Crippen LogP contribution in [-0.4, -0.2) is 61.7 Å². The Morgan fingerprint density at radius 3 is 2.56 bits per heavy atom. The minimum absolute atomic E-state index is 0.135. The number of halogens is 2. The molecule has 10 nitrogen and oxygen atoms in total. The van der Waals surface area contributed by atoms with Crippen LogP contribution in [0.1, 0.15) is 44.9 Å². The second-order valence-electron chi connectivity index (χ2n) is 12.4. The van der Waals surface area contributed by atoms with Crippen LogP contribution in [0.2, 0.25) is 5.02 Å². The van der Waals surface area contributed by atoms with Crippen LogP contribution in [0.25, 0.3) is 33.3 Å². The Morgan fingerprint density at radius 2 is 1.88 bits per heavy atom. The molecule has 0 bridgehead atoms. The van der Waals surface area contributed by atoms with Gasteiger partial charge in [0, 0.05) is 65.5 Å². The molecule has 0 spiro atoms. The Hall–Kier alpha value is -3.67. The number of anilines is 1. The van der Waals surface area contributed by atoms with Crippen molar-refractivity contribution >= 4 is 68.6 Å². The van der Waals surface area contributed by atoms with E-state index in [9.17, 15) is 9.59 Å². The number of aromatic amines is 1. The van der Waals surface area contributed by atoms with Gasteiger partial charge in [-0.25, -0.2) is 14.2 Å². The second kappa shape index (κ2) is 16.2. The van der Waals surface area contributed by atoms with Crippen LogP contribution < -0.4 is 10.6 Å². The average molecular weight is 800 g/mol. The number of benzene rings is 3. The van der Waals surface area contributed by atoms with Gasteiger partial charge in [-0.3, -0.25) is 4.79 Å². The van der Waals surface area contributed by atoms with Gasteiger partial charge in [0.1, 0.15) is 5.60 Å². The molecule has 3 N–H and O–H groups in total. The van der Waals surface area contributed by atoms with Crippen molar-refractivity contribution in [2.75, 3.05) is 25.0 Å². The number of imidazole rings is 1. The fraction of sp³-hybridized carbons (Fsp3) is 0.314. The number of H-pyrrole nitrogens is 1. The maximum absolute atomic E-state index is 13.1. The third-order valence-electron chi connectivity index (χ3n) is 7.62. The molecule has 0 radical (unpaired) electrons. The van der Waals surface area contributed by atoms with Crippen molar-refractivity contribution < 1.29 is 14.3 Å². The highest BCUT2D eigenvalue weighted by Gasteiger charge is 2.23. The van der Waals surface area contributed by atoms with Gasteiger partial charge < -0.3 is 25.3 Å². The van der Waals surface area contributed by atoms with E-state index in [2.05, 4.69) is 59.9 Å². The minimum Gasteiger partial charge on any atom is -0.444 e. The Kier molecular flexibility index (Phi) is 12.0. The largest absolute Gasteiger partial charge is 0.444 e. The number of nitrogens with one attached hydrogen (secondary N) is 3. The van der Waals surface area contributed by atoms with Gasteiger partial charge >= 0.3 is 6.09 Å². The lowest BCUT2D eigenvalue weighted by Crippen LogP contribution is -2.39. The average Bonchev–Trinajstić information content (AvgIpc) is 3.68. The van der Waals surface area contributed by atoms with Gasteiger partial charge in [0.25, 0.3) is 0 Å². The number of hydrogen-bond acceptors (Lipinski definition) is 6. The van der Waals surface area contributed by atoms with Crippen LogP contribution in [0.4, 0.5) is 10.5 Å². The Bertz CT molecular complexity index is 1870. The van der Waals surface area contributed by atoms with Gasteiger partial charge in [0.2, 0.25) is 5.91 Å². The van der Waals surface area contributed by atoms with Crippen LogP contribution in [0.3, 0.4) is 0 Å². The summed E-state index contributed by atoms with van der Waals surface area (Å²) >= 11 is 8.97. The Labute approximate surface area is 300 Å². The summed E-state index contributed by atoms with van der Waals surface area (Å²) in [6.45, 7) is 9.09. The Balaban J connectivity index is 1.16. The van der Waals surface area contributed by atoms with Crippen molar-refractivity contribution in [3.05, 3.63) is 89.5 Å². The van der Waals surface area contributed by atoms with Gasteiger partial charge in [-0.05, 0) is 85.5 Å². The van der Waals surface area contributed by atoms with Crippen LogP contribution in [0.5, 0.6) is 0 Å². The first kappa shape index (κ1) is 35.6. The van der Waals surface area contributed by atoms with Crippen molar-refractivity contribution in [1.82, 2.24) is 29.7 Å². The van der Waals surface area contributed by atoms with Crippen LogP contribution in [0.15, 0.2) is 73.2 Å². The first-order chi connectivity index (χ1) is 23.0. The van der Waals surface area contributed by atoms with Crippen LogP contribution >= 0.6 is 40.0 Å². The lowest BCUT2D eigenvalue weighted by atomic mass is 10.0. The SMILES string of the molecule is Cc1[nH]cnc1-c1cc(NCCCNC(=O)CCN(Cc2ccc(-c3ccccc3)c(Cl)c2)C(=O)OC(C)(C)C)c2cnn(PI)c2c1. The predicted octanol–water partition coefficient (Wildman–Crippen LogP) is 8.59. The van der Waals surface area contributed by atoms with Crippen LogP contribution in [0, 0.1) is 6.92 Å². The van der Waals surface area contributed by atoms with E-state index in [-0.39, 0.29) is 25.4 Å². The first-order valence-corrected chi connectivity index (χ1v) is 20.2. The standard InChI is InChI=1S/C35H40ClIN7O3P/c1-23-33(41-22-40-23)26-18-30(28-20-42-44(48-37)31(28)19-26)38-14-8-15-39-32(45)13-16-43(34(46)47-35(2,3)4)21-24-11-12-27(29(36)17-24)25-9-6-5-7-10-25/h5-7,9-12,17-20,22,38,48H,8,13-16,21H2,1-4H3,(H,39,45)(H,40,41). The van der Waals surface area contributed by atoms with Gasteiger partial charge in [-0.2, -0.15) is 5.10 Å². The molecule has 0 aliphatic carbocycles. The molecule has 2 heterocycles. The molecule has 0 saturated carbocycles. The number of aromatic nitrogens is 4. The van der Waals surface area contributed by atoms with E-state index in [0.717, 1.165) is 50.2 Å². The van der Waals surface area contributed by atoms with E-state index in [1.54, 1.807) is 11.2 Å². The number of carbonyl (C=O) groups is 2. The molecule has 0 saturated heterocycles. The van der Waals surface area contributed by atoms with E-state index in [1.807, 2.05) is 86.9 Å². The smallest absolute Gasteiger partial charge is 0.410 e. The molecule has 0 aliphatic rings. The number of carbonyl (C=O) groups excluding carboxylic acids is 2. The number of ether oxygens (including phenoxy) is 1. The normalized spacial score (nSPS) is 11.7. The molecule has 1 unspecified atom stereocenters. The molecule has 0 fully saturated rings. The predicted molar refractivity (Wildman–Crippen MR) is 204 cm³/mol. The maximum Gasteiger partial charge on any atom is 0.410 e. The molecule has 13 heteroatoms. The quantitative estimate of drug-likeness (QED) is 0.0625. The number of nitrogens with zero attached hydrogens (tertiary/aromatic N) is 4. The van der Waals surface area contributed by atoms with E-state index < -0.39 is 11.7 Å². The lowest BCUT2D eigenvalue weighted by molar-refractivity contribution is -0.121. The van der Waals surface area contributed by atoms with Crippen molar-refractivity contribution in [2.24, 2.45) is 0 Å². The fourth-order valence-electron chi connectivity index (χ4n) is 5.28. The van der Waals surface area contributed by atoms with Crippen molar-refractivity contribution in [2.45, 2.75) is 52.7 Å². The summed E-state index contributed by atoms with van der Waals surface area (Å²) in [5, 5.41) is 12.7. The van der Waals surface area contributed by atoms with Gasteiger partial charge in [0.05, 0.1) is 30.1 Å². The number of hydrogen-bond donors (Lipinski definition) is 3. The Morgan fingerprint density at radius 1 is 1.08 bits per heavy atom. The monoisotopic (exact) mass is 799 g/mol. The summed E-state index contributed by atoms with van der Waals surface area (Å²) in [6, 6.07) is 19.9. The molecular weight excluding hydrogens is 760 g/mol. The molecule has 48 heavy (non-hydrogen) atoms. The zero-order valence-electron chi connectivity index (χ0n) is 27.4. The summed E-state index contributed by atoms with van der Waals surface area (Å²) < 4.78 is 7.65. The number of fused-ring (bicyclic) bond motifs is 1. The second-order valence-corrected chi connectivity index (χ2v) is 14.9. The summed E-state index contributed by atoms with van der Waals surface area (Å²) in [5.41, 5.74) is 7.05. The molecule has 0 aliphatic heterocycles. The molecule has 1 atom stereocenters. The van der Waals surface area contributed by atoms with Crippen molar-refractivity contribution in [3.63, 3.8) is 0 Å².